The van der Waals surface area contributed by atoms with Crippen LogP contribution >= 0.6 is 0 Å². The number of carbonyl (C=O) groups is 3. The molecule has 0 aliphatic rings. The Morgan fingerprint density at radius 2 is 0.365 bits per heavy atom. The maximum absolute atomic E-state index is 12.8. The normalized spacial score (nSPS) is 11.9. The number of hydrogen-bond donors (Lipinski definition) is 0. The molecule has 0 fully saturated rings. The SMILES string of the molecule is CCCCCCCCCCCCCCCCCCCCCCCCCCCCCCCCCCCC(=O)OCC(COC(=O)CCCCCCC)OC(=O)CCCCCCCCCCCCCCCCCCCC. The highest BCUT2D eigenvalue weighted by Gasteiger charge is 2.19. The Balaban J connectivity index is 3.84. The second-order valence-corrected chi connectivity index (χ2v) is 23.5. The highest BCUT2D eigenvalue weighted by Crippen LogP contribution is 2.19. The Hall–Kier alpha value is -1.59. The van der Waals surface area contributed by atoms with Gasteiger partial charge in [0, 0.05) is 19.3 Å². The van der Waals surface area contributed by atoms with E-state index in [1.54, 1.807) is 0 Å². The van der Waals surface area contributed by atoms with Gasteiger partial charge in [0.15, 0.2) is 6.10 Å². The van der Waals surface area contributed by atoms with Crippen molar-refractivity contribution in [1.29, 1.82) is 0 Å². The van der Waals surface area contributed by atoms with Gasteiger partial charge in [-0.2, -0.15) is 0 Å². The number of ether oxygens (including phenoxy) is 3. The van der Waals surface area contributed by atoms with E-state index in [1.165, 1.54) is 295 Å². The molecule has 6 heteroatoms. The van der Waals surface area contributed by atoms with E-state index in [2.05, 4.69) is 20.8 Å². The molecule has 0 radical (unpaired) electrons. The maximum Gasteiger partial charge on any atom is 0.306 e. The molecule has 0 spiro atoms. The van der Waals surface area contributed by atoms with Gasteiger partial charge in [-0.25, -0.2) is 0 Å². The van der Waals surface area contributed by atoms with Gasteiger partial charge in [0.2, 0.25) is 0 Å². The number of rotatable bonds is 64. The molecule has 1 unspecified atom stereocenters. The Morgan fingerprint density at radius 3 is 0.541 bits per heavy atom. The summed E-state index contributed by atoms with van der Waals surface area (Å²) < 4.78 is 16.8. The number of carbonyl (C=O) groups excluding carboxylic acids is 3. The molecule has 0 bridgehead atoms. The second-order valence-electron chi connectivity index (χ2n) is 23.5. The molecule has 0 aromatic carbocycles. The third-order valence-corrected chi connectivity index (χ3v) is 15.9. The predicted octanol–water partition coefficient (Wildman–Crippen LogP) is 23.1. The zero-order chi connectivity index (χ0) is 53.6. The molecule has 0 rings (SSSR count). The van der Waals surface area contributed by atoms with Crippen LogP contribution in [0.2, 0.25) is 0 Å². The maximum atomic E-state index is 12.8. The highest BCUT2D eigenvalue weighted by atomic mass is 16.6. The van der Waals surface area contributed by atoms with Crippen LogP contribution in [0.1, 0.15) is 400 Å². The number of unbranched alkanes of at least 4 members (excludes halogenated alkanes) is 53. The Bertz CT molecular complexity index is 1110. The first kappa shape index (κ1) is 72.4. The largest absolute Gasteiger partial charge is 0.462 e. The first-order chi connectivity index (χ1) is 36.5. The average Bonchev–Trinajstić information content (AvgIpc) is 3.40. The summed E-state index contributed by atoms with van der Waals surface area (Å²) in [6, 6.07) is 0. The third kappa shape index (κ3) is 61.3. The molecule has 0 aromatic rings. The molecule has 0 heterocycles. The van der Waals surface area contributed by atoms with Gasteiger partial charge in [-0.05, 0) is 19.3 Å². The van der Waals surface area contributed by atoms with Crippen molar-refractivity contribution in [1.82, 2.24) is 0 Å². The van der Waals surface area contributed by atoms with Crippen LogP contribution in [0.25, 0.3) is 0 Å². The van der Waals surface area contributed by atoms with Gasteiger partial charge in [-0.1, -0.05) is 361 Å². The van der Waals surface area contributed by atoms with E-state index in [4.69, 9.17) is 14.2 Å². The van der Waals surface area contributed by atoms with Crippen LogP contribution in [0.3, 0.4) is 0 Å². The summed E-state index contributed by atoms with van der Waals surface area (Å²) in [4.78, 5) is 37.9. The molecule has 0 aliphatic carbocycles. The van der Waals surface area contributed by atoms with Crippen LogP contribution in [0.15, 0.2) is 0 Å². The summed E-state index contributed by atoms with van der Waals surface area (Å²) in [5.41, 5.74) is 0. The number of hydrogen-bond acceptors (Lipinski definition) is 6. The standard InChI is InChI=1S/C68H132O6/c1-4-7-10-13-15-17-19-21-23-25-27-28-29-30-31-32-33-34-35-36-37-38-39-40-41-43-44-46-48-50-52-55-58-61-67(70)73-64-65(63-72-66(69)60-57-54-12-9-6-3)74-68(71)62-59-56-53-51-49-47-45-42-26-24-22-20-18-16-14-11-8-5-2/h65H,4-64H2,1-3H3. The van der Waals surface area contributed by atoms with Crippen molar-refractivity contribution in [3.63, 3.8) is 0 Å². The summed E-state index contributed by atoms with van der Waals surface area (Å²) in [5.74, 6) is -0.846. The van der Waals surface area contributed by atoms with Gasteiger partial charge in [0.25, 0.3) is 0 Å². The molecule has 0 aromatic heterocycles. The minimum Gasteiger partial charge on any atom is -0.462 e. The Kier molecular flexibility index (Phi) is 62.6. The molecule has 0 N–H and O–H groups in total. The van der Waals surface area contributed by atoms with Crippen LogP contribution in [-0.2, 0) is 28.6 Å². The van der Waals surface area contributed by atoms with Crippen molar-refractivity contribution in [2.24, 2.45) is 0 Å². The lowest BCUT2D eigenvalue weighted by Crippen LogP contribution is -2.30. The average molecular weight is 1050 g/mol. The first-order valence-electron chi connectivity index (χ1n) is 34.0. The number of esters is 3. The van der Waals surface area contributed by atoms with E-state index >= 15 is 0 Å². The lowest BCUT2D eigenvalue weighted by Gasteiger charge is -2.18. The second kappa shape index (κ2) is 63.9. The van der Waals surface area contributed by atoms with Crippen molar-refractivity contribution in [3.8, 4) is 0 Å². The molecule has 0 amide bonds. The van der Waals surface area contributed by atoms with E-state index in [0.717, 1.165) is 64.2 Å². The minimum absolute atomic E-state index is 0.0624. The zero-order valence-electron chi connectivity index (χ0n) is 50.7. The van der Waals surface area contributed by atoms with Gasteiger partial charge in [-0.15, -0.1) is 0 Å². The quantitative estimate of drug-likeness (QED) is 0.0343. The Morgan fingerprint density at radius 1 is 0.216 bits per heavy atom. The monoisotopic (exact) mass is 1050 g/mol. The highest BCUT2D eigenvalue weighted by molar-refractivity contribution is 5.71. The van der Waals surface area contributed by atoms with Crippen LogP contribution < -0.4 is 0 Å². The van der Waals surface area contributed by atoms with Crippen molar-refractivity contribution < 1.29 is 28.6 Å². The van der Waals surface area contributed by atoms with Gasteiger partial charge < -0.3 is 14.2 Å². The molecule has 0 saturated heterocycles. The lowest BCUT2D eigenvalue weighted by molar-refractivity contribution is -0.167. The smallest absolute Gasteiger partial charge is 0.306 e. The van der Waals surface area contributed by atoms with Gasteiger partial charge in [0.05, 0.1) is 0 Å². The summed E-state index contributed by atoms with van der Waals surface area (Å²) in [5, 5.41) is 0. The van der Waals surface area contributed by atoms with E-state index in [9.17, 15) is 14.4 Å². The molecule has 74 heavy (non-hydrogen) atoms. The zero-order valence-corrected chi connectivity index (χ0v) is 50.7. The Labute approximate surface area is 463 Å². The summed E-state index contributed by atoms with van der Waals surface area (Å²) in [7, 11) is 0. The van der Waals surface area contributed by atoms with Crippen molar-refractivity contribution in [2.45, 2.75) is 406 Å². The van der Waals surface area contributed by atoms with Crippen molar-refractivity contribution in [3.05, 3.63) is 0 Å². The van der Waals surface area contributed by atoms with Crippen molar-refractivity contribution in [2.75, 3.05) is 13.2 Å². The minimum atomic E-state index is -0.760. The molecule has 6 nitrogen and oxygen atoms in total. The fourth-order valence-corrected chi connectivity index (χ4v) is 10.7. The third-order valence-electron chi connectivity index (χ3n) is 15.9. The topological polar surface area (TPSA) is 78.9 Å². The molecular formula is C68H132O6. The summed E-state index contributed by atoms with van der Waals surface area (Å²) in [6.07, 6.45) is 74.8. The van der Waals surface area contributed by atoms with Crippen LogP contribution in [-0.4, -0.2) is 37.2 Å². The van der Waals surface area contributed by atoms with Gasteiger partial charge >= 0.3 is 17.9 Å². The molecule has 1 atom stereocenters. The first-order valence-corrected chi connectivity index (χ1v) is 34.0. The van der Waals surface area contributed by atoms with E-state index in [0.29, 0.717) is 19.3 Å². The van der Waals surface area contributed by atoms with Crippen LogP contribution in [0, 0.1) is 0 Å². The fourth-order valence-electron chi connectivity index (χ4n) is 10.7. The van der Waals surface area contributed by atoms with E-state index in [-0.39, 0.29) is 31.1 Å². The molecule has 440 valence electrons. The molecule has 0 saturated carbocycles. The van der Waals surface area contributed by atoms with Crippen molar-refractivity contribution >= 4 is 17.9 Å². The van der Waals surface area contributed by atoms with Gasteiger partial charge in [0.1, 0.15) is 13.2 Å². The summed E-state index contributed by atoms with van der Waals surface area (Å²) >= 11 is 0. The van der Waals surface area contributed by atoms with Crippen LogP contribution in [0.5, 0.6) is 0 Å². The lowest BCUT2D eigenvalue weighted by atomic mass is 10.0. The summed E-state index contributed by atoms with van der Waals surface area (Å²) in [6.45, 7) is 6.64. The van der Waals surface area contributed by atoms with Crippen LogP contribution in [0.4, 0.5) is 0 Å². The fraction of sp³-hybridized carbons (Fsp3) is 0.956. The van der Waals surface area contributed by atoms with E-state index in [1.807, 2.05) is 0 Å². The predicted molar refractivity (Wildman–Crippen MR) is 321 cm³/mol. The molecular weight excluding hydrogens is 913 g/mol. The van der Waals surface area contributed by atoms with E-state index < -0.39 is 6.10 Å². The molecule has 0 aliphatic heterocycles. The van der Waals surface area contributed by atoms with Gasteiger partial charge in [-0.3, -0.25) is 14.4 Å².